The van der Waals surface area contributed by atoms with Gasteiger partial charge in [0.15, 0.2) is 0 Å². The molecule has 35 heavy (non-hydrogen) atoms. The lowest BCUT2D eigenvalue weighted by Crippen LogP contribution is -2.53. The van der Waals surface area contributed by atoms with Crippen LogP contribution in [0.25, 0.3) is 0 Å². The molecule has 1 saturated heterocycles. The molecule has 14 heteroatoms. The fourth-order valence-electron chi connectivity index (χ4n) is 3.04. The van der Waals surface area contributed by atoms with E-state index >= 15 is 0 Å². The van der Waals surface area contributed by atoms with Crippen LogP contribution in [0.15, 0.2) is 47.7 Å². The molecule has 1 aliphatic heterocycles. The second-order valence-electron chi connectivity index (χ2n) is 7.46. The molecule has 6 N–H and O–H groups in total. The molecule has 2 heterocycles. The number of amides is 6. The van der Waals surface area contributed by atoms with Gasteiger partial charge in [0.1, 0.15) is 17.8 Å². The van der Waals surface area contributed by atoms with Gasteiger partial charge in [0.2, 0.25) is 11.8 Å². The first-order valence-electron chi connectivity index (χ1n) is 10.2. The number of aromatic nitrogens is 1. The van der Waals surface area contributed by atoms with E-state index in [0.717, 1.165) is 0 Å². The van der Waals surface area contributed by atoms with E-state index in [1.54, 1.807) is 0 Å². The minimum absolute atomic E-state index is 0.119. The van der Waals surface area contributed by atoms with Crippen molar-refractivity contribution in [1.29, 1.82) is 0 Å². The molecule has 0 aromatic carbocycles. The molecule has 0 aliphatic carbocycles. The van der Waals surface area contributed by atoms with Gasteiger partial charge in [-0.1, -0.05) is 19.7 Å². The van der Waals surface area contributed by atoms with Crippen molar-refractivity contribution in [3.05, 3.63) is 53.4 Å². The summed E-state index contributed by atoms with van der Waals surface area (Å²) < 4.78 is 0. The van der Waals surface area contributed by atoms with Gasteiger partial charge in [-0.2, -0.15) is 0 Å². The number of nitrogens with one attached hydrogen (secondary N) is 4. The largest absolute Gasteiger partial charge is 0.364 e. The van der Waals surface area contributed by atoms with Gasteiger partial charge in [-0.15, -0.1) is 11.3 Å². The van der Waals surface area contributed by atoms with Crippen molar-refractivity contribution < 1.29 is 28.8 Å². The topological polar surface area (TPSA) is 193 Å². The van der Waals surface area contributed by atoms with Crippen molar-refractivity contribution in [3.63, 3.8) is 0 Å². The lowest BCUT2D eigenvalue weighted by Gasteiger charge is -2.27. The Morgan fingerprint density at radius 1 is 1.06 bits per heavy atom. The molecule has 186 valence electrons. The second-order valence-corrected chi connectivity index (χ2v) is 8.17. The number of nitrogens with two attached hydrogens (primary N) is 1. The van der Waals surface area contributed by atoms with Crippen LogP contribution >= 0.6 is 11.3 Å². The molecule has 2 atom stereocenters. The van der Waals surface area contributed by atoms with Gasteiger partial charge in [0.05, 0.1) is 22.6 Å². The van der Waals surface area contributed by atoms with Crippen molar-refractivity contribution >= 4 is 46.8 Å². The molecule has 0 saturated carbocycles. The van der Waals surface area contributed by atoms with Crippen molar-refractivity contribution in [2.45, 2.75) is 31.8 Å². The maximum Gasteiger partial charge on any atom is 0.275 e. The zero-order valence-corrected chi connectivity index (χ0v) is 19.7. The van der Waals surface area contributed by atoms with E-state index in [4.69, 9.17) is 5.73 Å². The third kappa shape index (κ3) is 7.07. The molecule has 2 rings (SSSR count). The number of hydrogen-bond donors (Lipinski definition) is 5. The standard InChI is InChI=1S/C21H25N7O6S/c1-10(16(22)29)24-17(30)12(3)26-20(33)15-6-5-7-28(15)21(34)13(4)27-18(31)11(2)25-19(32)14-8-35-9-23-14/h8-9,13,15H,1-3,5-7H2,4H3,(H2,22,29)(H,24,30)(H,25,32)(H,26,33)(H,27,31)/t13-,15-/m0/s1. The van der Waals surface area contributed by atoms with E-state index in [0.29, 0.717) is 12.8 Å². The highest BCUT2D eigenvalue weighted by molar-refractivity contribution is 7.07. The first-order valence-corrected chi connectivity index (χ1v) is 11.2. The van der Waals surface area contributed by atoms with Crippen molar-refractivity contribution in [2.24, 2.45) is 5.73 Å². The van der Waals surface area contributed by atoms with E-state index in [1.165, 1.54) is 34.1 Å². The normalized spacial score (nSPS) is 15.3. The fraction of sp³-hybridized carbons (Fsp3) is 0.286. The monoisotopic (exact) mass is 503 g/mol. The SMILES string of the molecule is C=C(NC(=O)C(=C)NC(=O)[C@@H]1CCCN1C(=O)[C@H](C)NC(=O)C(=C)NC(=O)c1cscn1)C(N)=O. The fourth-order valence-corrected chi connectivity index (χ4v) is 3.57. The van der Waals surface area contributed by atoms with Gasteiger partial charge in [0.25, 0.3) is 23.6 Å². The zero-order valence-electron chi connectivity index (χ0n) is 18.9. The third-order valence-electron chi connectivity index (χ3n) is 4.87. The summed E-state index contributed by atoms with van der Waals surface area (Å²) in [6, 6.07) is -1.97. The molecule has 1 aromatic rings. The maximum atomic E-state index is 12.9. The number of carbonyl (C=O) groups excluding carboxylic acids is 6. The molecule has 1 fully saturated rings. The van der Waals surface area contributed by atoms with Gasteiger partial charge in [-0.05, 0) is 19.8 Å². The minimum atomic E-state index is -1.05. The highest BCUT2D eigenvalue weighted by Crippen LogP contribution is 2.19. The van der Waals surface area contributed by atoms with E-state index in [9.17, 15) is 28.8 Å². The Labute approximate surface area is 204 Å². The molecule has 1 aliphatic rings. The first-order chi connectivity index (χ1) is 16.4. The summed E-state index contributed by atoms with van der Waals surface area (Å²) in [7, 11) is 0. The minimum Gasteiger partial charge on any atom is -0.364 e. The smallest absolute Gasteiger partial charge is 0.275 e. The second kappa shape index (κ2) is 11.7. The van der Waals surface area contributed by atoms with E-state index in [-0.39, 0.29) is 29.3 Å². The van der Waals surface area contributed by atoms with Crippen LogP contribution in [-0.4, -0.2) is 64.0 Å². The third-order valence-corrected chi connectivity index (χ3v) is 5.46. The number of thiazole rings is 1. The van der Waals surface area contributed by atoms with Crippen LogP contribution in [0.2, 0.25) is 0 Å². The maximum absolute atomic E-state index is 12.9. The molecule has 6 amide bonds. The quantitative estimate of drug-likeness (QED) is 0.243. The van der Waals surface area contributed by atoms with Crippen LogP contribution in [0.1, 0.15) is 30.3 Å². The summed E-state index contributed by atoms with van der Waals surface area (Å²) in [6.45, 7) is 11.9. The Bertz CT molecular complexity index is 1100. The number of primary amides is 1. The van der Waals surface area contributed by atoms with Gasteiger partial charge < -0.3 is 31.9 Å². The Kier molecular flexibility index (Phi) is 8.99. The molecule has 1 aromatic heterocycles. The Morgan fingerprint density at radius 3 is 2.31 bits per heavy atom. The average Bonchev–Trinajstić information content (AvgIpc) is 3.50. The summed E-state index contributed by atoms with van der Waals surface area (Å²) >= 11 is 1.21. The molecule has 0 radical (unpaired) electrons. The molecule has 0 spiro atoms. The van der Waals surface area contributed by atoms with Crippen LogP contribution < -0.4 is 27.0 Å². The lowest BCUT2D eigenvalue weighted by molar-refractivity contribution is -0.140. The first kappa shape index (κ1) is 26.9. The van der Waals surface area contributed by atoms with Crippen LogP contribution in [0, 0.1) is 0 Å². The van der Waals surface area contributed by atoms with Gasteiger partial charge in [0, 0.05) is 11.9 Å². The van der Waals surface area contributed by atoms with E-state index in [2.05, 4.69) is 46.0 Å². The number of rotatable bonds is 10. The summed E-state index contributed by atoms with van der Waals surface area (Å²) in [5, 5.41) is 10.6. The van der Waals surface area contributed by atoms with Crippen molar-refractivity contribution in [3.8, 4) is 0 Å². The zero-order chi connectivity index (χ0) is 26.3. The summed E-state index contributed by atoms with van der Waals surface area (Å²) in [5.41, 5.74) is 5.54. The van der Waals surface area contributed by atoms with Gasteiger partial charge in [-0.25, -0.2) is 4.98 Å². The number of carbonyl (C=O) groups is 6. The van der Waals surface area contributed by atoms with Crippen LogP contribution in [0.3, 0.4) is 0 Å². The van der Waals surface area contributed by atoms with Crippen LogP contribution in [0.4, 0.5) is 0 Å². The number of hydrogen-bond acceptors (Lipinski definition) is 8. The number of likely N-dealkylation sites (tertiary alicyclic amines) is 1. The average molecular weight is 504 g/mol. The van der Waals surface area contributed by atoms with Gasteiger partial charge in [-0.3, -0.25) is 28.8 Å². The van der Waals surface area contributed by atoms with E-state index in [1.807, 2.05) is 0 Å². The van der Waals surface area contributed by atoms with Gasteiger partial charge >= 0.3 is 0 Å². The number of nitrogens with zero attached hydrogens (tertiary/aromatic N) is 2. The Hall–Kier alpha value is -4.33. The predicted octanol–water partition coefficient (Wildman–Crippen LogP) is -1.37. The predicted molar refractivity (Wildman–Crippen MR) is 125 cm³/mol. The summed E-state index contributed by atoms with van der Waals surface area (Å²) in [5.74, 6) is -4.46. The Balaban J connectivity index is 1.92. The van der Waals surface area contributed by atoms with Crippen LogP contribution in [-0.2, 0) is 24.0 Å². The molecule has 0 bridgehead atoms. The van der Waals surface area contributed by atoms with Crippen LogP contribution in [0.5, 0.6) is 0 Å². The highest BCUT2D eigenvalue weighted by atomic mass is 32.1. The molecule has 13 nitrogen and oxygen atoms in total. The molecular weight excluding hydrogens is 478 g/mol. The summed E-state index contributed by atoms with van der Waals surface area (Å²) in [4.78, 5) is 78.0. The highest BCUT2D eigenvalue weighted by Gasteiger charge is 2.37. The summed E-state index contributed by atoms with van der Waals surface area (Å²) in [6.07, 6.45) is 0.829. The van der Waals surface area contributed by atoms with Crippen molar-refractivity contribution in [1.82, 2.24) is 31.2 Å². The lowest BCUT2D eigenvalue weighted by atomic mass is 10.2. The van der Waals surface area contributed by atoms with Crippen molar-refractivity contribution in [2.75, 3.05) is 6.54 Å². The Morgan fingerprint density at radius 2 is 1.71 bits per heavy atom. The van der Waals surface area contributed by atoms with E-state index < -0.39 is 47.5 Å². The molecular formula is C21H25N7O6S. The molecule has 0 unspecified atom stereocenters.